The van der Waals surface area contributed by atoms with E-state index in [1.54, 1.807) is 12.1 Å². The number of piperidine rings is 1. The summed E-state index contributed by atoms with van der Waals surface area (Å²) in [5, 5.41) is 4.01. The van der Waals surface area contributed by atoms with Crippen molar-refractivity contribution in [2.24, 2.45) is 5.73 Å². The van der Waals surface area contributed by atoms with E-state index in [4.69, 9.17) is 28.9 Å². The molecule has 22 heavy (non-hydrogen) atoms. The van der Waals surface area contributed by atoms with Crippen molar-refractivity contribution < 1.29 is 4.79 Å². The van der Waals surface area contributed by atoms with Crippen LogP contribution in [-0.2, 0) is 4.79 Å². The summed E-state index contributed by atoms with van der Waals surface area (Å²) in [5.41, 5.74) is 6.80. The lowest BCUT2D eigenvalue weighted by Crippen LogP contribution is -2.44. The van der Waals surface area contributed by atoms with Crippen molar-refractivity contribution in [3.63, 3.8) is 0 Å². The van der Waals surface area contributed by atoms with Crippen molar-refractivity contribution in [3.8, 4) is 0 Å². The molecule has 0 saturated carbocycles. The molecule has 1 aliphatic rings. The summed E-state index contributed by atoms with van der Waals surface area (Å²) in [6.07, 6.45) is 1.91. The van der Waals surface area contributed by atoms with Crippen LogP contribution in [0.5, 0.6) is 0 Å². The van der Waals surface area contributed by atoms with E-state index < -0.39 is 0 Å². The van der Waals surface area contributed by atoms with Crippen LogP contribution < -0.4 is 11.1 Å². The second-order valence-corrected chi connectivity index (χ2v) is 6.39. The summed E-state index contributed by atoms with van der Waals surface area (Å²) < 4.78 is 0. The van der Waals surface area contributed by atoms with E-state index in [9.17, 15) is 4.79 Å². The van der Waals surface area contributed by atoms with Crippen LogP contribution in [0.2, 0.25) is 10.0 Å². The Bertz CT molecular complexity index is 505. The monoisotopic (exact) mass is 365 g/mol. The Hall–Kier alpha value is -0.520. The number of halogens is 3. The highest BCUT2D eigenvalue weighted by Crippen LogP contribution is 2.25. The molecule has 1 unspecified atom stereocenters. The highest BCUT2D eigenvalue weighted by atomic mass is 35.5. The highest BCUT2D eigenvalue weighted by Gasteiger charge is 2.19. The molecule has 1 atom stereocenters. The second-order valence-electron chi connectivity index (χ2n) is 5.58. The summed E-state index contributed by atoms with van der Waals surface area (Å²) in [6, 6.07) is 5.58. The largest absolute Gasteiger partial charge is 0.348 e. The molecule has 0 spiro atoms. The van der Waals surface area contributed by atoms with Crippen LogP contribution in [-0.4, -0.2) is 36.5 Å². The van der Waals surface area contributed by atoms with Crippen LogP contribution in [0, 0.1) is 0 Å². The first-order valence-electron chi connectivity index (χ1n) is 7.18. The Balaban J connectivity index is 0.00000242. The molecule has 1 fully saturated rings. The minimum atomic E-state index is -0.0979. The average molecular weight is 367 g/mol. The molecular weight excluding hydrogens is 345 g/mol. The fourth-order valence-electron chi connectivity index (χ4n) is 2.47. The van der Waals surface area contributed by atoms with E-state index in [1.165, 1.54) is 0 Å². The fraction of sp³-hybridized carbons (Fsp3) is 0.533. The number of nitrogens with zero attached hydrogens (tertiary/aromatic N) is 1. The van der Waals surface area contributed by atoms with Gasteiger partial charge in [0, 0.05) is 19.1 Å². The number of carbonyl (C=O) groups excluding carboxylic acids is 1. The van der Waals surface area contributed by atoms with Crippen LogP contribution in [0.1, 0.15) is 31.4 Å². The number of amides is 1. The Morgan fingerprint density at radius 2 is 2.00 bits per heavy atom. The number of benzene rings is 1. The summed E-state index contributed by atoms with van der Waals surface area (Å²) in [5.74, 6) is 0.0176. The number of carbonyl (C=O) groups is 1. The van der Waals surface area contributed by atoms with Crippen molar-refractivity contribution in [1.29, 1.82) is 0 Å². The minimum Gasteiger partial charge on any atom is -0.348 e. The van der Waals surface area contributed by atoms with E-state index in [0.29, 0.717) is 16.6 Å². The zero-order valence-corrected chi connectivity index (χ0v) is 14.8. The molecule has 1 aliphatic heterocycles. The zero-order chi connectivity index (χ0) is 15.4. The zero-order valence-electron chi connectivity index (χ0n) is 12.5. The lowest BCUT2D eigenvalue weighted by atomic mass is 10.1. The molecule has 3 N–H and O–H groups in total. The average Bonchev–Trinajstić information content (AvgIpc) is 2.44. The number of rotatable bonds is 4. The third-order valence-electron chi connectivity index (χ3n) is 3.82. The number of nitrogens with two attached hydrogens (primary N) is 1. The Morgan fingerprint density at radius 1 is 1.36 bits per heavy atom. The minimum absolute atomic E-state index is 0. The maximum atomic E-state index is 12.1. The lowest BCUT2D eigenvalue weighted by molar-refractivity contribution is -0.123. The Kier molecular flexibility index (Phi) is 7.94. The first-order valence-corrected chi connectivity index (χ1v) is 7.93. The van der Waals surface area contributed by atoms with Crippen LogP contribution in [0.25, 0.3) is 0 Å². The maximum Gasteiger partial charge on any atom is 0.234 e. The number of nitrogens with one attached hydrogen (secondary N) is 1. The van der Waals surface area contributed by atoms with Gasteiger partial charge in [-0.1, -0.05) is 29.3 Å². The van der Waals surface area contributed by atoms with Crippen LogP contribution in [0.15, 0.2) is 18.2 Å². The summed E-state index contributed by atoms with van der Waals surface area (Å²) in [7, 11) is 0. The molecule has 124 valence electrons. The fourth-order valence-corrected chi connectivity index (χ4v) is 2.77. The predicted molar refractivity (Wildman–Crippen MR) is 93.9 cm³/mol. The molecule has 0 aromatic heterocycles. The molecular formula is C15H22Cl3N3O. The number of hydrogen-bond donors (Lipinski definition) is 2. The normalized spacial score (nSPS) is 17.6. The highest BCUT2D eigenvalue weighted by molar-refractivity contribution is 6.42. The number of likely N-dealkylation sites (tertiary alicyclic amines) is 1. The SMILES string of the molecule is CC(NC(=O)CN1CCC(N)CC1)c1ccc(Cl)c(Cl)c1.Cl. The first-order chi connectivity index (χ1) is 9.95. The predicted octanol–water partition coefficient (Wildman–Crippen LogP) is 3.02. The molecule has 4 nitrogen and oxygen atoms in total. The molecule has 1 saturated heterocycles. The standard InChI is InChI=1S/C15H21Cl2N3O.ClH/c1-10(11-2-3-13(16)14(17)8-11)19-15(21)9-20-6-4-12(18)5-7-20;/h2-3,8,10,12H,4-7,9,18H2,1H3,(H,19,21);1H. The van der Waals surface area contributed by atoms with E-state index in [1.807, 2.05) is 13.0 Å². The van der Waals surface area contributed by atoms with E-state index in [2.05, 4.69) is 10.2 Å². The van der Waals surface area contributed by atoms with Crippen molar-refractivity contribution in [2.45, 2.75) is 31.8 Å². The van der Waals surface area contributed by atoms with Crippen molar-refractivity contribution in [3.05, 3.63) is 33.8 Å². The van der Waals surface area contributed by atoms with Gasteiger partial charge < -0.3 is 11.1 Å². The molecule has 0 radical (unpaired) electrons. The van der Waals surface area contributed by atoms with Gasteiger partial charge in [-0.2, -0.15) is 0 Å². The first kappa shape index (κ1) is 19.5. The Morgan fingerprint density at radius 3 is 2.59 bits per heavy atom. The molecule has 1 heterocycles. The van der Waals surface area contributed by atoms with Gasteiger partial charge in [0.25, 0.3) is 0 Å². The van der Waals surface area contributed by atoms with Gasteiger partial charge >= 0.3 is 0 Å². The third kappa shape index (κ3) is 5.60. The van der Waals surface area contributed by atoms with Gasteiger partial charge in [0.1, 0.15) is 0 Å². The van der Waals surface area contributed by atoms with Crippen LogP contribution in [0.3, 0.4) is 0 Å². The molecule has 7 heteroatoms. The van der Waals surface area contributed by atoms with Gasteiger partial charge in [-0.3, -0.25) is 9.69 Å². The van der Waals surface area contributed by atoms with Gasteiger partial charge in [-0.15, -0.1) is 12.4 Å². The smallest absolute Gasteiger partial charge is 0.234 e. The van der Waals surface area contributed by atoms with Crippen molar-refractivity contribution in [2.75, 3.05) is 19.6 Å². The molecule has 1 aromatic rings. The van der Waals surface area contributed by atoms with Gasteiger partial charge in [-0.25, -0.2) is 0 Å². The van der Waals surface area contributed by atoms with Crippen LogP contribution in [0.4, 0.5) is 0 Å². The summed E-state index contributed by atoms with van der Waals surface area (Å²) in [6.45, 7) is 4.12. The van der Waals surface area contributed by atoms with Crippen molar-refractivity contribution >= 4 is 41.5 Å². The molecule has 1 aromatic carbocycles. The van der Waals surface area contributed by atoms with E-state index >= 15 is 0 Å². The lowest BCUT2D eigenvalue weighted by Gasteiger charge is -2.29. The number of hydrogen-bond acceptors (Lipinski definition) is 3. The molecule has 0 aliphatic carbocycles. The molecule has 0 bridgehead atoms. The van der Waals surface area contributed by atoms with Gasteiger partial charge in [-0.05, 0) is 37.5 Å². The Labute approximate surface area is 147 Å². The summed E-state index contributed by atoms with van der Waals surface area (Å²) >= 11 is 11.9. The van der Waals surface area contributed by atoms with E-state index in [0.717, 1.165) is 31.5 Å². The molecule has 2 rings (SSSR count). The van der Waals surface area contributed by atoms with Gasteiger partial charge in [0.15, 0.2) is 0 Å². The van der Waals surface area contributed by atoms with Gasteiger partial charge in [0.2, 0.25) is 5.91 Å². The quantitative estimate of drug-likeness (QED) is 0.861. The third-order valence-corrected chi connectivity index (χ3v) is 4.56. The van der Waals surface area contributed by atoms with Gasteiger partial charge in [0.05, 0.1) is 22.6 Å². The maximum absolute atomic E-state index is 12.1. The second kappa shape index (κ2) is 8.94. The topological polar surface area (TPSA) is 58.4 Å². The van der Waals surface area contributed by atoms with Crippen molar-refractivity contribution in [1.82, 2.24) is 10.2 Å². The van der Waals surface area contributed by atoms with E-state index in [-0.39, 0.29) is 30.4 Å². The summed E-state index contributed by atoms with van der Waals surface area (Å²) in [4.78, 5) is 14.2. The molecule has 1 amide bonds. The van der Waals surface area contributed by atoms with Crippen LogP contribution >= 0.6 is 35.6 Å².